The van der Waals surface area contributed by atoms with Crippen LogP contribution in [0.5, 0.6) is 0 Å². The van der Waals surface area contributed by atoms with Gasteiger partial charge in [-0.2, -0.15) is 0 Å². The molecule has 30 heavy (non-hydrogen) atoms. The molecule has 0 saturated carbocycles. The van der Waals surface area contributed by atoms with E-state index in [4.69, 9.17) is 11.6 Å². The van der Waals surface area contributed by atoms with Crippen molar-refractivity contribution in [2.45, 2.75) is 59.4 Å². The van der Waals surface area contributed by atoms with Crippen LogP contribution in [0.4, 0.5) is 4.79 Å². The first kappa shape index (κ1) is 26.0. The first-order chi connectivity index (χ1) is 14.0. The van der Waals surface area contributed by atoms with E-state index in [0.29, 0.717) is 17.3 Å². The van der Waals surface area contributed by atoms with Crippen LogP contribution in [0.15, 0.2) is 59.8 Å². The van der Waals surface area contributed by atoms with Crippen molar-refractivity contribution in [1.82, 2.24) is 16.0 Å². The number of allylic oxidation sites excluding steroid dienone is 3. The van der Waals surface area contributed by atoms with Crippen molar-refractivity contribution in [3.8, 4) is 0 Å². The van der Waals surface area contributed by atoms with E-state index in [1.54, 1.807) is 0 Å². The Kier molecular flexibility index (Phi) is 9.86. The molecular formula is C25H38ClN3O. The molecule has 0 aliphatic heterocycles. The van der Waals surface area contributed by atoms with Crippen LogP contribution in [0.1, 0.15) is 65.1 Å². The second-order valence-corrected chi connectivity index (χ2v) is 9.30. The Labute approximate surface area is 187 Å². The predicted octanol–water partition coefficient (Wildman–Crippen LogP) is 6.17. The molecule has 0 fully saturated rings. The first-order valence-electron chi connectivity index (χ1n) is 10.4. The Morgan fingerprint density at radius 1 is 1.27 bits per heavy atom. The second kappa shape index (κ2) is 11.4. The van der Waals surface area contributed by atoms with Crippen molar-refractivity contribution in [3.63, 3.8) is 0 Å². The summed E-state index contributed by atoms with van der Waals surface area (Å²) in [4.78, 5) is 12.7. The van der Waals surface area contributed by atoms with Crippen LogP contribution in [0, 0.1) is 5.41 Å². The standard InChI is InChI=1S/C25H38ClN3O/c1-9-10-11-15-22(26)25(7,17-27-8)19(3)29-23(30)28-18(2)20-13-12-14-21(16-20)24(4,5)6/h9-10,12-16,18,27H,3,11,17H2,1-2,4-8H3,(H2,28,29,30)/b10-9-,22-15+. The van der Waals surface area contributed by atoms with Gasteiger partial charge in [-0.25, -0.2) is 4.79 Å². The molecule has 3 N–H and O–H groups in total. The van der Waals surface area contributed by atoms with Gasteiger partial charge in [-0.1, -0.05) is 81.4 Å². The molecule has 0 saturated heterocycles. The first-order valence-corrected chi connectivity index (χ1v) is 10.8. The zero-order valence-corrected chi connectivity index (χ0v) is 20.3. The van der Waals surface area contributed by atoms with Crippen molar-refractivity contribution in [2.24, 2.45) is 5.41 Å². The SMILES string of the molecule is C=C(NC(=O)NC(C)c1cccc(C(C)(C)C)c1)C(C)(CNC)/C(Cl)=C\C/C=C\C. The molecule has 1 aromatic carbocycles. The van der Waals surface area contributed by atoms with Gasteiger partial charge in [0, 0.05) is 17.3 Å². The third-order valence-electron chi connectivity index (χ3n) is 5.26. The predicted molar refractivity (Wildman–Crippen MR) is 130 cm³/mol. The summed E-state index contributed by atoms with van der Waals surface area (Å²) < 4.78 is 0. The van der Waals surface area contributed by atoms with Crippen LogP contribution in [-0.2, 0) is 5.41 Å². The van der Waals surface area contributed by atoms with E-state index in [-0.39, 0.29) is 17.5 Å². The van der Waals surface area contributed by atoms with E-state index in [1.165, 1.54) is 5.56 Å². The fourth-order valence-electron chi connectivity index (χ4n) is 3.09. The number of benzene rings is 1. The average molecular weight is 432 g/mol. The number of hydrogen-bond acceptors (Lipinski definition) is 2. The lowest BCUT2D eigenvalue weighted by Gasteiger charge is -2.32. The third-order valence-corrected chi connectivity index (χ3v) is 5.83. The highest BCUT2D eigenvalue weighted by Gasteiger charge is 2.32. The van der Waals surface area contributed by atoms with Gasteiger partial charge in [0.05, 0.1) is 11.5 Å². The monoisotopic (exact) mass is 431 g/mol. The highest BCUT2D eigenvalue weighted by Crippen LogP contribution is 2.35. The maximum absolute atomic E-state index is 12.7. The summed E-state index contributed by atoms with van der Waals surface area (Å²) in [6, 6.07) is 7.88. The summed E-state index contributed by atoms with van der Waals surface area (Å²) in [6.45, 7) is 17.1. The lowest BCUT2D eigenvalue weighted by molar-refractivity contribution is 0.238. The van der Waals surface area contributed by atoms with Crippen LogP contribution < -0.4 is 16.0 Å². The molecular weight excluding hydrogens is 394 g/mol. The molecule has 1 rings (SSSR count). The lowest BCUT2D eigenvalue weighted by Crippen LogP contribution is -2.43. The molecule has 166 valence electrons. The maximum Gasteiger partial charge on any atom is 0.319 e. The third kappa shape index (κ3) is 7.33. The highest BCUT2D eigenvalue weighted by atomic mass is 35.5. The van der Waals surface area contributed by atoms with Gasteiger partial charge in [0.1, 0.15) is 0 Å². The van der Waals surface area contributed by atoms with Gasteiger partial charge < -0.3 is 16.0 Å². The molecule has 0 radical (unpaired) electrons. The van der Waals surface area contributed by atoms with Crippen molar-refractivity contribution >= 4 is 17.6 Å². The molecule has 0 spiro atoms. The van der Waals surface area contributed by atoms with Crippen LogP contribution in [0.3, 0.4) is 0 Å². The molecule has 0 aliphatic carbocycles. The molecule has 0 aromatic heterocycles. The summed E-state index contributed by atoms with van der Waals surface area (Å²) in [6.07, 6.45) is 6.69. The second-order valence-electron chi connectivity index (χ2n) is 8.89. The minimum absolute atomic E-state index is 0.0529. The average Bonchev–Trinajstić information content (AvgIpc) is 2.67. The molecule has 5 heteroatoms. The highest BCUT2D eigenvalue weighted by molar-refractivity contribution is 6.30. The maximum atomic E-state index is 12.7. The van der Waals surface area contributed by atoms with Crippen molar-refractivity contribution in [3.05, 3.63) is 70.9 Å². The Morgan fingerprint density at radius 2 is 1.93 bits per heavy atom. The van der Waals surface area contributed by atoms with Crippen molar-refractivity contribution in [2.75, 3.05) is 13.6 Å². The fourth-order valence-corrected chi connectivity index (χ4v) is 3.36. The minimum Gasteiger partial charge on any atom is -0.331 e. The molecule has 0 heterocycles. The van der Waals surface area contributed by atoms with Crippen LogP contribution in [-0.4, -0.2) is 19.6 Å². The van der Waals surface area contributed by atoms with Gasteiger partial charge in [0.2, 0.25) is 0 Å². The summed E-state index contributed by atoms with van der Waals surface area (Å²) in [5, 5.41) is 9.69. The molecule has 2 amide bonds. The topological polar surface area (TPSA) is 53.2 Å². The number of amides is 2. The molecule has 1 aromatic rings. The van der Waals surface area contributed by atoms with E-state index in [9.17, 15) is 4.79 Å². The fraction of sp³-hybridized carbons (Fsp3) is 0.480. The zero-order valence-electron chi connectivity index (χ0n) is 19.5. The van der Waals surface area contributed by atoms with E-state index in [0.717, 1.165) is 12.0 Å². The van der Waals surface area contributed by atoms with Gasteiger partial charge in [0.15, 0.2) is 0 Å². The Balaban J connectivity index is 2.89. The zero-order chi connectivity index (χ0) is 22.9. The van der Waals surface area contributed by atoms with Crippen molar-refractivity contribution in [1.29, 1.82) is 0 Å². The van der Waals surface area contributed by atoms with Gasteiger partial charge in [0.25, 0.3) is 0 Å². The molecule has 2 unspecified atom stereocenters. The Hall–Kier alpha value is -2.04. The van der Waals surface area contributed by atoms with Crippen LogP contribution in [0.2, 0.25) is 0 Å². The molecule has 0 bridgehead atoms. The van der Waals surface area contributed by atoms with E-state index >= 15 is 0 Å². The lowest BCUT2D eigenvalue weighted by atomic mass is 9.85. The number of nitrogens with one attached hydrogen (secondary N) is 3. The number of urea groups is 1. The van der Waals surface area contributed by atoms with Crippen LogP contribution in [0.25, 0.3) is 0 Å². The van der Waals surface area contributed by atoms with Crippen LogP contribution >= 0.6 is 11.6 Å². The van der Waals surface area contributed by atoms with E-state index in [1.807, 2.05) is 58.2 Å². The molecule has 0 aliphatic rings. The quantitative estimate of drug-likeness (QED) is 0.409. The summed E-state index contributed by atoms with van der Waals surface area (Å²) >= 11 is 6.60. The molecule has 2 atom stereocenters. The van der Waals surface area contributed by atoms with E-state index in [2.05, 4.69) is 55.4 Å². The number of carbonyl (C=O) groups is 1. The Morgan fingerprint density at radius 3 is 2.50 bits per heavy atom. The van der Waals surface area contributed by atoms with Crippen molar-refractivity contribution < 1.29 is 4.79 Å². The van der Waals surface area contributed by atoms with E-state index < -0.39 is 5.41 Å². The smallest absolute Gasteiger partial charge is 0.319 e. The number of rotatable bonds is 9. The van der Waals surface area contributed by atoms with Gasteiger partial charge in [-0.3, -0.25) is 0 Å². The normalized spacial score (nSPS) is 15.5. The largest absolute Gasteiger partial charge is 0.331 e. The summed E-state index contributed by atoms with van der Waals surface area (Å²) in [7, 11) is 1.85. The minimum atomic E-state index is -0.607. The number of carbonyl (C=O) groups excluding carboxylic acids is 1. The van der Waals surface area contributed by atoms with Gasteiger partial charge in [-0.05, 0) is 50.8 Å². The summed E-state index contributed by atoms with van der Waals surface area (Å²) in [5.74, 6) is 0. The summed E-state index contributed by atoms with van der Waals surface area (Å²) in [5.41, 5.74) is 2.29. The molecule has 4 nitrogen and oxygen atoms in total. The number of hydrogen-bond donors (Lipinski definition) is 3. The van der Waals surface area contributed by atoms with Gasteiger partial charge in [-0.15, -0.1) is 0 Å². The van der Waals surface area contributed by atoms with Gasteiger partial charge >= 0.3 is 6.03 Å². The Bertz CT molecular complexity index is 792. The number of halogens is 1.